The van der Waals surface area contributed by atoms with Gasteiger partial charge in [0.1, 0.15) is 0 Å². The average molecular weight is 627 g/mol. The Bertz CT molecular complexity index is 997. The smallest absolute Gasteiger partial charge is 0.199 e. The second-order valence-electron chi connectivity index (χ2n) is 7.51. The summed E-state index contributed by atoms with van der Waals surface area (Å²) < 4.78 is 279. The van der Waals surface area contributed by atoms with Gasteiger partial charge in [-0.2, -0.15) is 92.2 Å². The first-order valence-electron chi connectivity index (χ1n) is 9.10. The van der Waals surface area contributed by atoms with Crippen LogP contribution in [-0.2, 0) is 6.54 Å². The zero-order valence-corrected chi connectivity index (χ0v) is 17.6. The molecule has 0 saturated heterocycles. The predicted molar refractivity (Wildman–Crippen MR) is 79.6 cm³/mol. The molecule has 0 fully saturated rings. The number of alkyl halides is 21. The van der Waals surface area contributed by atoms with Crippen LogP contribution in [0.25, 0.3) is 0 Å². The topological polar surface area (TPSA) is 16.8 Å². The van der Waals surface area contributed by atoms with Crippen LogP contribution < -0.4 is 4.68 Å². The van der Waals surface area contributed by atoms with Crippen LogP contribution in [0.15, 0.2) is 24.5 Å². The lowest BCUT2D eigenvalue weighted by atomic mass is 9.86. The van der Waals surface area contributed by atoms with Crippen molar-refractivity contribution in [1.82, 2.24) is 5.10 Å². The number of rotatable bonds is 11. The lowest BCUT2D eigenvalue weighted by Gasteiger charge is -2.44. The summed E-state index contributed by atoms with van der Waals surface area (Å²) in [7, 11) is 0. The Morgan fingerprint density at radius 1 is 0.436 bits per heavy atom. The quantitative estimate of drug-likeness (QED) is 0.190. The van der Waals surface area contributed by atoms with Gasteiger partial charge in [-0.15, -0.1) is 0 Å². The van der Waals surface area contributed by atoms with Crippen molar-refractivity contribution in [1.29, 1.82) is 0 Å². The van der Waals surface area contributed by atoms with Gasteiger partial charge >= 0.3 is 59.5 Å². The van der Waals surface area contributed by atoms with E-state index in [4.69, 9.17) is 0 Å². The summed E-state index contributed by atoms with van der Waals surface area (Å²) in [6.45, 7) is -1.62. The molecule has 1 heterocycles. The van der Waals surface area contributed by atoms with Gasteiger partial charge in [-0.1, -0.05) is 4.68 Å². The van der Waals surface area contributed by atoms with Crippen molar-refractivity contribution in [2.75, 3.05) is 0 Å². The highest BCUT2D eigenvalue weighted by Gasteiger charge is 2.97. The molecule has 0 N–H and O–H groups in total. The lowest BCUT2D eigenvalue weighted by molar-refractivity contribution is -0.756. The minimum Gasteiger partial charge on any atom is -0.199 e. The lowest BCUT2D eigenvalue weighted by Crippen LogP contribution is -2.76. The Morgan fingerprint density at radius 2 is 0.769 bits per heavy atom. The van der Waals surface area contributed by atoms with Crippen LogP contribution in [0.2, 0.25) is 0 Å². The van der Waals surface area contributed by atoms with E-state index in [2.05, 4.69) is 5.10 Å². The second-order valence-corrected chi connectivity index (χ2v) is 7.51. The van der Waals surface area contributed by atoms with Crippen molar-refractivity contribution < 1.29 is 96.9 Å². The molecule has 1 rings (SSSR count). The minimum atomic E-state index is -9.17. The van der Waals surface area contributed by atoms with Crippen LogP contribution >= 0.6 is 0 Å². The number of halogens is 21. The molecule has 0 atom stereocenters. The molecule has 2 nitrogen and oxygen atoms in total. The van der Waals surface area contributed by atoms with E-state index in [0.717, 1.165) is 18.3 Å². The fraction of sp³-hybridized carbons (Fsp3) is 0.750. The van der Waals surface area contributed by atoms with E-state index < -0.39 is 72.4 Å². The Labute approximate surface area is 200 Å². The van der Waals surface area contributed by atoms with Crippen LogP contribution in [0.3, 0.4) is 0 Å². The van der Waals surface area contributed by atoms with E-state index in [1.807, 2.05) is 0 Å². The number of hydrogen-bond acceptors (Lipinski definition) is 1. The third-order valence-corrected chi connectivity index (χ3v) is 4.90. The van der Waals surface area contributed by atoms with Crippen LogP contribution in [0.4, 0.5) is 92.2 Å². The standard InChI is InChI=1S/C16H8F21N2/c17-7(18,3-6-39-5-2-1-4-38-39)8(19,20)9(21,22)10(23,24)11(25,26)12(27,28)13(29,30)14(31,32)15(33,34)16(35,36)37/h1-2,4-5H,3,6H2/q+1. The molecule has 1 aromatic rings. The summed E-state index contributed by atoms with van der Waals surface area (Å²) in [4.78, 5) is 0. The van der Waals surface area contributed by atoms with Gasteiger partial charge < -0.3 is 0 Å². The highest BCUT2D eigenvalue weighted by atomic mass is 19.4. The van der Waals surface area contributed by atoms with E-state index in [9.17, 15) is 92.2 Å². The maximum absolute atomic E-state index is 13.8. The molecule has 1 aromatic heterocycles. The molecule has 0 radical (unpaired) electrons. The third kappa shape index (κ3) is 4.69. The van der Waals surface area contributed by atoms with Gasteiger partial charge in [0.25, 0.3) is 0 Å². The summed E-state index contributed by atoms with van der Waals surface area (Å²) in [5.74, 6) is -76.8. The molecule has 0 amide bonds. The number of nitrogens with zero attached hydrogens (tertiary/aromatic N) is 2. The van der Waals surface area contributed by atoms with E-state index in [1.54, 1.807) is 0 Å². The normalized spacial score (nSPS) is 16.0. The maximum atomic E-state index is 13.8. The first-order chi connectivity index (χ1) is 16.8. The monoisotopic (exact) mass is 627 g/mol. The van der Waals surface area contributed by atoms with E-state index >= 15 is 0 Å². The summed E-state index contributed by atoms with van der Waals surface area (Å²) >= 11 is 0. The molecule has 0 unspecified atom stereocenters. The van der Waals surface area contributed by atoms with Crippen molar-refractivity contribution in [3.8, 4) is 0 Å². The highest BCUT2D eigenvalue weighted by molar-refractivity contribution is 5.17. The minimum absolute atomic E-state index is 0.229. The summed E-state index contributed by atoms with van der Waals surface area (Å²) in [5, 5.41) is 3.12. The number of aromatic nitrogens is 2. The fourth-order valence-corrected chi connectivity index (χ4v) is 2.50. The van der Waals surface area contributed by atoms with Crippen LogP contribution in [0.5, 0.6) is 0 Å². The Morgan fingerprint density at radius 3 is 1.08 bits per heavy atom. The molecular formula is C16H8F21N2+. The van der Waals surface area contributed by atoms with Gasteiger partial charge in [0.2, 0.25) is 0 Å². The first kappa shape index (κ1) is 34.6. The zero-order chi connectivity index (χ0) is 31.5. The fourth-order valence-electron chi connectivity index (χ4n) is 2.50. The van der Waals surface area contributed by atoms with Crippen molar-refractivity contribution in [3.05, 3.63) is 24.5 Å². The van der Waals surface area contributed by atoms with E-state index in [0.29, 0.717) is 6.20 Å². The largest absolute Gasteiger partial charge is 0.460 e. The maximum Gasteiger partial charge on any atom is 0.460 e. The third-order valence-electron chi connectivity index (χ3n) is 4.90. The van der Waals surface area contributed by atoms with Gasteiger partial charge in [-0.25, -0.2) is 0 Å². The number of aryl methyl sites for hydroxylation is 1. The molecule has 228 valence electrons. The summed E-state index contributed by atoms with van der Waals surface area (Å²) in [6.07, 6.45) is -9.32. The molecule has 0 aromatic carbocycles. The van der Waals surface area contributed by atoms with Crippen molar-refractivity contribution in [3.63, 3.8) is 0 Å². The van der Waals surface area contributed by atoms with Crippen LogP contribution in [0.1, 0.15) is 6.42 Å². The van der Waals surface area contributed by atoms with Crippen molar-refractivity contribution >= 4 is 0 Å². The Balaban J connectivity index is 3.63. The second kappa shape index (κ2) is 9.33. The van der Waals surface area contributed by atoms with Crippen LogP contribution in [0, 0.1) is 0 Å². The predicted octanol–water partition coefficient (Wildman–Crippen LogP) is 7.04. The molecule has 0 bridgehead atoms. The van der Waals surface area contributed by atoms with Crippen LogP contribution in [-0.4, -0.2) is 64.6 Å². The molecular weight excluding hydrogens is 619 g/mol. The number of hydrogen-bond donors (Lipinski definition) is 0. The Kier molecular flexibility index (Phi) is 8.29. The van der Waals surface area contributed by atoms with Crippen molar-refractivity contribution in [2.45, 2.75) is 72.4 Å². The molecule has 23 heteroatoms. The molecule has 0 aliphatic rings. The van der Waals surface area contributed by atoms with Crippen molar-refractivity contribution in [2.24, 2.45) is 0 Å². The van der Waals surface area contributed by atoms with Gasteiger partial charge in [-0.3, -0.25) is 0 Å². The van der Waals surface area contributed by atoms with Gasteiger partial charge in [0, 0.05) is 6.07 Å². The molecule has 0 saturated carbocycles. The van der Waals surface area contributed by atoms with Gasteiger partial charge in [0.15, 0.2) is 12.7 Å². The Hall–Kier alpha value is -2.39. The molecule has 0 spiro atoms. The average Bonchev–Trinajstić information content (AvgIpc) is 2.76. The molecule has 0 aliphatic carbocycles. The van der Waals surface area contributed by atoms with Gasteiger partial charge in [0.05, 0.1) is 12.6 Å². The molecule has 0 aliphatic heterocycles. The summed E-state index contributed by atoms with van der Waals surface area (Å²) in [6, 6.07) is 2.00. The van der Waals surface area contributed by atoms with E-state index in [1.165, 1.54) is 0 Å². The first-order valence-corrected chi connectivity index (χ1v) is 9.10. The highest BCUT2D eigenvalue weighted by Crippen LogP contribution is 2.66. The zero-order valence-electron chi connectivity index (χ0n) is 17.6. The summed E-state index contributed by atoms with van der Waals surface area (Å²) in [5.41, 5.74) is 0. The van der Waals surface area contributed by atoms with E-state index in [-0.39, 0.29) is 4.68 Å². The molecule has 39 heavy (non-hydrogen) atoms. The SMILES string of the molecule is FC(F)(F)C(F)(F)C(F)(F)C(F)(F)C(F)(F)C(F)(F)C(F)(F)C(F)(F)C(F)(F)C(F)(F)CC[n+]1ccccn1. The van der Waals surface area contributed by atoms with Gasteiger partial charge in [-0.05, 0) is 11.2 Å².